The summed E-state index contributed by atoms with van der Waals surface area (Å²) in [6, 6.07) is 2.62. The molecule has 28 heavy (non-hydrogen) atoms. The van der Waals surface area contributed by atoms with E-state index in [0.717, 1.165) is 16.6 Å². The molecule has 0 aliphatic carbocycles. The predicted molar refractivity (Wildman–Crippen MR) is 92.5 cm³/mol. The highest BCUT2D eigenvalue weighted by Gasteiger charge is 2.43. The molecule has 0 spiro atoms. The lowest BCUT2D eigenvalue weighted by Crippen LogP contribution is -2.40. The number of amides is 3. The molecule has 1 N–H and O–H groups in total. The molecule has 11 heteroatoms. The molecular formula is C17H12F3N5O2S. The number of nitrogens with zero attached hydrogens (tertiary/aromatic N) is 4. The molecule has 5 rings (SSSR count). The van der Waals surface area contributed by atoms with Crippen LogP contribution in [0.3, 0.4) is 0 Å². The van der Waals surface area contributed by atoms with Crippen molar-refractivity contribution in [3.63, 3.8) is 0 Å². The molecular weight excluding hydrogens is 395 g/mol. The Morgan fingerprint density at radius 2 is 2.11 bits per heavy atom. The number of fused-ring (bicyclic) bond motifs is 4. The predicted octanol–water partition coefficient (Wildman–Crippen LogP) is 2.54. The van der Waals surface area contributed by atoms with Crippen LogP contribution in [0.25, 0.3) is 11.0 Å². The molecule has 0 aromatic carbocycles. The third kappa shape index (κ3) is 2.49. The van der Waals surface area contributed by atoms with Gasteiger partial charge in [0.2, 0.25) is 0 Å². The van der Waals surface area contributed by atoms with Gasteiger partial charge in [-0.25, -0.2) is 14.8 Å². The number of carbonyl (C=O) groups excluding carboxylic acids is 2. The van der Waals surface area contributed by atoms with Crippen LogP contribution in [0.15, 0.2) is 24.5 Å². The third-order valence-electron chi connectivity index (χ3n) is 5.04. The Kier molecular flexibility index (Phi) is 3.54. The van der Waals surface area contributed by atoms with Gasteiger partial charge in [-0.05, 0) is 17.7 Å². The van der Waals surface area contributed by atoms with Crippen molar-refractivity contribution < 1.29 is 22.8 Å². The van der Waals surface area contributed by atoms with Crippen LogP contribution < -0.4 is 5.32 Å². The fourth-order valence-corrected chi connectivity index (χ4v) is 4.59. The molecule has 3 aromatic heterocycles. The lowest BCUT2D eigenvalue weighted by atomic mass is 9.98. The minimum absolute atomic E-state index is 0.157. The smallest absolute Gasteiger partial charge is 0.322 e. The second kappa shape index (κ2) is 5.77. The zero-order valence-electron chi connectivity index (χ0n) is 14.2. The molecule has 0 bridgehead atoms. The topological polar surface area (TPSA) is 80.1 Å². The number of pyridine rings is 1. The molecule has 2 aliphatic rings. The number of alkyl halides is 3. The van der Waals surface area contributed by atoms with Gasteiger partial charge in [-0.3, -0.25) is 10.1 Å². The summed E-state index contributed by atoms with van der Waals surface area (Å²) in [4.78, 5) is 33.9. The second-order valence-corrected chi connectivity index (χ2v) is 7.77. The van der Waals surface area contributed by atoms with E-state index in [9.17, 15) is 22.8 Å². The minimum atomic E-state index is -4.49. The van der Waals surface area contributed by atoms with Gasteiger partial charge in [0.15, 0.2) is 5.01 Å². The molecule has 1 unspecified atom stereocenters. The van der Waals surface area contributed by atoms with E-state index in [1.807, 2.05) is 10.6 Å². The summed E-state index contributed by atoms with van der Waals surface area (Å²) < 4.78 is 40.4. The Balaban J connectivity index is 1.60. The summed E-state index contributed by atoms with van der Waals surface area (Å²) >= 11 is 0.586. The first-order valence-electron chi connectivity index (χ1n) is 8.41. The first-order valence-corrected chi connectivity index (χ1v) is 9.23. The number of halogens is 3. The lowest BCUT2D eigenvalue weighted by Gasteiger charge is -2.28. The molecule has 3 amide bonds. The maximum atomic E-state index is 12.9. The van der Waals surface area contributed by atoms with Crippen molar-refractivity contribution in [3.8, 4) is 0 Å². The molecule has 1 fully saturated rings. The fraction of sp³-hybridized carbons (Fsp3) is 0.294. The van der Waals surface area contributed by atoms with E-state index in [1.165, 1.54) is 11.1 Å². The van der Waals surface area contributed by atoms with Crippen molar-refractivity contribution in [1.29, 1.82) is 0 Å². The number of hydrogen-bond donors (Lipinski definition) is 1. The zero-order chi connectivity index (χ0) is 19.6. The molecule has 3 aromatic rings. The first-order chi connectivity index (χ1) is 13.3. The van der Waals surface area contributed by atoms with Crippen molar-refractivity contribution in [3.05, 3.63) is 45.7 Å². The molecule has 0 saturated carbocycles. The van der Waals surface area contributed by atoms with Gasteiger partial charge in [0.25, 0.3) is 5.91 Å². The van der Waals surface area contributed by atoms with Gasteiger partial charge in [-0.15, -0.1) is 11.3 Å². The van der Waals surface area contributed by atoms with Crippen molar-refractivity contribution >= 4 is 34.3 Å². The Hall–Kier alpha value is -2.95. The summed E-state index contributed by atoms with van der Waals surface area (Å²) in [6.07, 6.45) is -1.32. The van der Waals surface area contributed by atoms with Crippen molar-refractivity contribution in [2.24, 2.45) is 0 Å². The average Bonchev–Trinajstić information content (AvgIpc) is 3.31. The summed E-state index contributed by atoms with van der Waals surface area (Å²) in [7, 11) is 0. The highest BCUT2D eigenvalue weighted by Crippen LogP contribution is 2.36. The van der Waals surface area contributed by atoms with Gasteiger partial charge in [0.1, 0.15) is 11.7 Å². The van der Waals surface area contributed by atoms with E-state index in [0.29, 0.717) is 28.3 Å². The zero-order valence-corrected chi connectivity index (χ0v) is 15.0. The molecule has 1 atom stereocenters. The molecule has 1 saturated heterocycles. The highest BCUT2D eigenvalue weighted by molar-refractivity contribution is 7.11. The van der Waals surface area contributed by atoms with E-state index >= 15 is 0 Å². The van der Waals surface area contributed by atoms with Gasteiger partial charge in [0, 0.05) is 34.8 Å². The number of nitrogens with one attached hydrogen (secondary N) is 1. The average molecular weight is 407 g/mol. The fourth-order valence-electron chi connectivity index (χ4n) is 3.82. The Labute approximate surface area is 159 Å². The van der Waals surface area contributed by atoms with Gasteiger partial charge < -0.3 is 9.47 Å². The van der Waals surface area contributed by atoms with Gasteiger partial charge in [-0.2, -0.15) is 13.2 Å². The Bertz CT molecular complexity index is 1140. The molecule has 144 valence electrons. The maximum Gasteiger partial charge on any atom is 0.443 e. The Morgan fingerprint density at radius 3 is 2.86 bits per heavy atom. The molecule has 0 radical (unpaired) electrons. The molecule has 5 heterocycles. The number of thiazole rings is 1. The summed E-state index contributed by atoms with van der Waals surface area (Å²) in [6.45, 7) is 0.351. The van der Waals surface area contributed by atoms with Crippen molar-refractivity contribution in [2.75, 3.05) is 0 Å². The van der Waals surface area contributed by atoms with E-state index in [2.05, 4.69) is 15.3 Å². The highest BCUT2D eigenvalue weighted by atomic mass is 32.1. The Morgan fingerprint density at radius 1 is 1.29 bits per heavy atom. The van der Waals surface area contributed by atoms with Crippen LogP contribution >= 0.6 is 11.3 Å². The normalized spacial score (nSPS) is 19.1. The van der Waals surface area contributed by atoms with Crippen LogP contribution in [0.5, 0.6) is 0 Å². The summed E-state index contributed by atoms with van der Waals surface area (Å²) in [5.41, 5.74) is 2.29. The third-order valence-corrected chi connectivity index (χ3v) is 6.07. The number of rotatable bonds is 2. The van der Waals surface area contributed by atoms with Crippen LogP contribution in [0.4, 0.5) is 18.0 Å². The number of carbonyl (C=O) groups is 2. The number of hydrogen-bond acceptors (Lipinski definition) is 5. The SMILES string of the molecule is O=C1NC(=O)N2Cc3c(c4cccnc4n3Cc3cnc(C(F)(F)F)s3)CC12. The first kappa shape index (κ1) is 17.2. The van der Waals surface area contributed by atoms with E-state index in [-0.39, 0.29) is 19.0 Å². The standard InChI is InChI=1S/C17H12F3N5O2S/c18-17(19,20)15-22-5-8(28-15)6-24-12-7-25-11(14(26)23-16(25)27)4-10(12)9-2-1-3-21-13(9)24/h1-3,5,11H,4,6-7H2,(H,23,26,27). The van der Waals surface area contributed by atoms with Crippen molar-refractivity contribution in [1.82, 2.24) is 24.8 Å². The second-order valence-electron chi connectivity index (χ2n) is 6.66. The van der Waals surface area contributed by atoms with Crippen LogP contribution in [0.1, 0.15) is 21.1 Å². The van der Waals surface area contributed by atoms with Gasteiger partial charge in [0.05, 0.1) is 13.1 Å². The number of imide groups is 1. The lowest BCUT2D eigenvalue weighted by molar-refractivity contribution is -0.137. The molecule has 2 aliphatic heterocycles. The quantitative estimate of drug-likeness (QED) is 0.662. The minimum Gasteiger partial charge on any atom is -0.322 e. The number of urea groups is 1. The summed E-state index contributed by atoms with van der Waals surface area (Å²) in [5, 5.41) is 2.25. The van der Waals surface area contributed by atoms with Gasteiger partial charge in [-0.1, -0.05) is 0 Å². The van der Waals surface area contributed by atoms with E-state index < -0.39 is 23.3 Å². The van der Waals surface area contributed by atoms with Crippen LogP contribution in [0, 0.1) is 0 Å². The van der Waals surface area contributed by atoms with Crippen molar-refractivity contribution in [2.45, 2.75) is 31.7 Å². The number of aromatic nitrogens is 3. The maximum absolute atomic E-state index is 12.9. The molecule has 7 nitrogen and oxygen atoms in total. The largest absolute Gasteiger partial charge is 0.443 e. The summed E-state index contributed by atoms with van der Waals surface area (Å²) in [5.74, 6) is -0.335. The van der Waals surface area contributed by atoms with Crippen LogP contribution in [0.2, 0.25) is 0 Å². The van der Waals surface area contributed by atoms with Gasteiger partial charge >= 0.3 is 12.2 Å². The van der Waals surface area contributed by atoms with E-state index in [4.69, 9.17) is 0 Å². The van der Waals surface area contributed by atoms with Crippen LogP contribution in [-0.4, -0.2) is 37.4 Å². The van der Waals surface area contributed by atoms with E-state index in [1.54, 1.807) is 12.3 Å². The van der Waals surface area contributed by atoms with Crippen LogP contribution in [-0.2, 0) is 30.5 Å². The monoisotopic (exact) mass is 407 g/mol.